The molecule has 1 aromatic heterocycles. The van der Waals surface area contributed by atoms with Crippen LogP contribution in [-0.2, 0) is 10.0 Å². The number of amides is 1. The lowest BCUT2D eigenvalue weighted by molar-refractivity contribution is 0.202. The minimum atomic E-state index is -4.37. The molecule has 6 N–H and O–H groups in total. The van der Waals surface area contributed by atoms with Gasteiger partial charge in [0.15, 0.2) is 5.84 Å². The van der Waals surface area contributed by atoms with Crippen molar-refractivity contribution < 1.29 is 23.4 Å². The van der Waals surface area contributed by atoms with E-state index in [2.05, 4.69) is 15.1 Å². The van der Waals surface area contributed by atoms with Crippen LogP contribution in [0.1, 0.15) is 18.4 Å². The zero-order valence-corrected chi connectivity index (χ0v) is 18.4. The van der Waals surface area contributed by atoms with E-state index in [-0.39, 0.29) is 27.7 Å². The molecule has 3 aromatic rings. The van der Waals surface area contributed by atoms with E-state index in [1.165, 1.54) is 16.8 Å². The molecule has 176 valence electrons. The maximum Gasteiger partial charge on any atom is 0.426 e. The maximum atomic E-state index is 13.4. The first-order valence-electron chi connectivity index (χ1n) is 10.3. The van der Waals surface area contributed by atoms with Crippen LogP contribution in [-0.4, -0.2) is 41.8 Å². The van der Waals surface area contributed by atoms with Crippen LogP contribution in [0.2, 0.25) is 0 Å². The van der Waals surface area contributed by atoms with Crippen molar-refractivity contribution >= 4 is 44.2 Å². The molecule has 0 spiro atoms. The molecular weight excluding hydrogens is 464 g/mol. The molecule has 13 heteroatoms. The lowest BCUT2D eigenvalue weighted by atomic mass is 10.1. The van der Waals surface area contributed by atoms with Crippen molar-refractivity contribution in [2.75, 3.05) is 22.3 Å². The summed E-state index contributed by atoms with van der Waals surface area (Å²) in [5.41, 5.74) is 2.50. The van der Waals surface area contributed by atoms with Crippen LogP contribution < -0.4 is 27.2 Å². The van der Waals surface area contributed by atoms with Crippen molar-refractivity contribution in [3.8, 4) is 5.75 Å². The molecule has 1 aliphatic heterocycles. The second-order valence-electron chi connectivity index (χ2n) is 8.06. The van der Waals surface area contributed by atoms with Crippen molar-refractivity contribution in [2.45, 2.75) is 17.7 Å². The standard InChI is InChI=1S/C21H20N6O6S/c22-26(21(30)31)12-7-8-14-16(9-12)34(32,33)25-19(24-14)17-18(28)13-3-1-2-4-15(13)27(20(17)29)23-10-11-5-6-11/h1-4,7-9,11,23,28H,5-6,10,22H2,(H,24,25)(H,30,31). The number of hydrogen-bond donors (Lipinski definition) is 5. The van der Waals surface area contributed by atoms with Gasteiger partial charge in [-0.2, -0.15) is 8.42 Å². The highest BCUT2D eigenvalue weighted by Crippen LogP contribution is 2.34. The summed E-state index contributed by atoms with van der Waals surface area (Å²) in [5.74, 6) is 5.13. The highest BCUT2D eigenvalue weighted by atomic mass is 32.2. The molecule has 0 radical (unpaired) electrons. The van der Waals surface area contributed by atoms with Crippen molar-refractivity contribution in [3.63, 3.8) is 0 Å². The molecule has 1 aliphatic carbocycles. The Labute approximate surface area is 192 Å². The van der Waals surface area contributed by atoms with Crippen LogP contribution in [0, 0.1) is 5.92 Å². The topological polar surface area (TPSA) is 179 Å². The van der Waals surface area contributed by atoms with E-state index < -0.39 is 27.4 Å². The number of nitrogens with zero attached hydrogens (tertiary/aromatic N) is 3. The van der Waals surface area contributed by atoms with Gasteiger partial charge in [-0.05, 0) is 49.1 Å². The molecule has 2 aromatic carbocycles. The summed E-state index contributed by atoms with van der Waals surface area (Å²) >= 11 is 0. The van der Waals surface area contributed by atoms with E-state index in [1.807, 2.05) is 0 Å². The number of carbonyl (C=O) groups is 1. The Balaban J connectivity index is 1.65. The van der Waals surface area contributed by atoms with E-state index in [1.54, 1.807) is 24.3 Å². The SMILES string of the molecule is NN(C(=O)O)c1ccc2c(c1)S(=O)(=O)N=C(c1c(O)c3ccccc3n(NCC3CC3)c1=O)N2. The van der Waals surface area contributed by atoms with Gasteiger partial charge in [0.1, 0.15) is 16.2 Å². The van der Waals surface area contributed by atoms with E-state index in [9.17, 15) is 23.1 Å². The zero-order valence-electron chi connectivity index (χ0n) is 17.6. The van der Waals surface area contributed by atoms with E-state index >= 15 is 0 Å². The van der Waals surface area contributed by atoms with Crippen molar-refractivity contribution in [2.24, 2.45) is 16.2 Å². The summed E-state index contributed by atoms with van der Waals surface area (Å²) in [6, 6.07) is 10.4. The first-order chi connectivity index (χ1) is 16.2. The minimum absolute atomic E-state index is 0.0528. The van der Waals surface area contributed by atoms with Gasteiger partial charge in [0.2, 0.25) is 0 Å². The van der Waals surface area contributed by atoms with Crippen molar-refractivity contribution in [1.29, 1.82) is 0 Å². The van der Waals surface area contributed by atoms with Crippen LogP contribution in [0.4, 0.5) is 16.2 Å². The fourth-order valence-corrected chi connectivity index (χ4v) is 4.90. The first-order valence-corrected chi connectivity index (χ1v) is 11.8. The average molecular weight is 484 g/mol. The number of amidine groups is 1. The number of aromatic nitrogens is 1. The van der Waals surface area contributed by atoms with Gasteiger partial charge in [0.05, 0.1) is 16.9 Å². The number of aromatic hydroxyl groups is 1. The molecule has 0 unspecified atom stereocenters. The second-order valence-corrected chi connectivity index (χ2v) is 9.63. The molecule has 12 nitrogen and oxygen atoms in total. The van der Waals surface area contributed by atoms with Gasteiger partial charge >= 0.3 is 6.09 Å². The van der Waals surface area contributed by atoms with E-state index in [4.69, 9.17) is 10.9 Å². The predicted molar refractivity (Wildman–Crippen MR) is 125 cm³/mol. The van der Waals surface area contributed by atoms with E-state index in [0.717, 1.165) is 18.9 Å². The van der Waals surface area contributed by atoms with Gasteiger partial charge in [0, 0.05) is 11.9 Å². The Kier molecular flexibility index (Phi) is 4.95. The molecule has 2 aliphatic rings. The molecule has 0 bridgehead atoms. The number of rotatable bonds is 5. The zero-order chi connectivity index (χ0) is 24.2. The number of hydrazine groups is 1. The number of fused-ring (bicyclic) bond motifs is 2. The lowest BCUT2D eigenvalue weighted by Gasteiger charge is -2.22. The number of para-hydroxylation sites is 1. The number of pyridine rings is 1. The van der Waals surface area contributed by atoms with Gasteiger partial charge < -0.3 is 21.0 Å². The fourth-order valence-electron chi connectivity index (χ4n) is 3.75. The minimum Gasteiger partial charge on any atom is -0.506 e. The molecule has 1 amide bonds. The van der Waals surface area contributed by atoms with Crippen molar-refractivity contribution in [1.82, 2.24) is 4.68 Å². The van der Waals surface area contributed by atoms with Crippen LogP contribution >= 0.6 is 0 Å². The molecule has 5 rings (SSSR count). The third-order valence-electron chi connectivity index (χ3n) is 5.72. The Hall–Kier alpha value is -4.10. The summed E-state index contributed by atoms with van der Waals surface area (Å²) in [4.78, 5) is 24.2. The Morgan fingerprint density at radius 3 is 2.71 bits per heavy atom. The van der Waals surface area contributed by atoms with Crippen molar-refractivity contribution in [3.05, 3.63) is 58.4 Å². The summed E-state index contributed by atoms with van der Waals surface area (Å²) < 4.78 is 30.9. The average Bonchev–Trinajstić information content (AvgIpc) is 3.62. The molecule has 1 fully saturated rings. The Bertz CT molecular complexity index is 1540. The smallest absolute Gasteiger partial charge is 0.426 e. The van der Waals surface area contributed by atoms with Crippen LogP contribution in [0.15, 0.2) is 56.6 Å². The predicted octanol–water partition coefficient (Wildman–Crippen LogP) is 1.58. The Morgan fingerprint density at radius 1 is 1.26 bits per heavy atom. The molecule has 2 heterocycles. The molecule has 0 saturated heterocycles. The highest BCUT2D eigenvalue weighted by molar-refractivity contribution is 7.90. The third kappa shape index (κ3) is 3.60. The van der Waals surface area contributed by atoms with Crippen LogP contribution in [0.5, 0.6) is 5.75 Å². The number of sulfonamides is 1. The molecule has 0 atom stereocenters. The summed E-state index contributed by atoms with van der Waals surface area (Å²) in [6.45, 7) is 0.553. The van der Waals surface area contributed by atoms with E-state index in [0.29, 0.717) is 28.4 Å². The number of nitrogens with two attached hydrogens (primary N) is 1. The Morgan fingerprint density at radius 2 is 2.00 bits per heavy atom. The number of nitrogens with one attached hydrogen (secondary N) is 2. The molecular formula is C21H20N6O6S. The third-order valence-corrected chi connectivity index (χ3v) is 7.03. The lowest BCUT2D eigenvalue weighted by Crippen LogP contribution is -2.37. The number of hydrogen-bond acceptors (Lipinski definition) is 8. The van der Waals surface area contributed by atoms with Gasteiger partial charge in [-0.1, -0.05) is 12.1 Å². The summed E-state index contributed by atoms with van der Waals surface area (Å²) in [5, 5.41) is 23.5. The molecule has 34 heavy (non-hydrogen) atoms. The maximum absolute atomic E-state index is 13.4. The quantitative estimate of drug-likeness (QED) is 0.204. The van der Waals surface area contributed by atoms with Crippen LogP contribution in [0.3, 0.4) is 0 Å². The monoisotopic (exact) mass is 484 g/mol. The van der Waals surface area contributed by atoms with Crippen LogP contribution in [0.25, 0.3) is 10.9 Å². The summed E-state index contributed by atoms with van der Waals surface area (Å²) in [6.07, 6.45) is 0.626. The number of benzene rings is 2. The molecule has 1 saturated carbocycles. The fraction of sp³-hybridized carbons (Fsp3) is 0.190. The first kappa shape index (κ1) is 21.7. The summed E-state index contributed by atoms with van der Waals surface area (Å²) in [7, 11) is -4.37. The van der Waals surface area contributed by atoms with Gasteiger partial charge in [-0.25, -0.2) is 20.3 Å². The highest BCUT2D eigenvalue weighted by Gasteiger charge is 2.31. The van der Waals surface area contributed by atoms with Gasteiger partial charge in [-0.3, -0.25) is 4.79 Å². The van der Waals surface area contributed by atoms with Gasteiger partial charge in [-0.15, -0.1) is 4.40 Å². The number of anilines is 2. The second kappa shape index (κ2) is 7.74. The number of carboxylic acid groups (broad SMARTS) is 1. The normalized spacial score (nSPS) is 16.3. The van der Waals surface area contributed by atoms with Gasteiger partial charge in [0.25, 0.3) is 15.6 Å². The largest absolute Gasteiger partial charge is 0.506 e.